The summed E-state index contributed by atoms with van der Waals surface area (Å²) in [5.74, 6) is -0.652. The lowest BCUT2D eigenvalue weighted by atomic mass is 9.93. The van der Waals surface area contributed by atoms with Crippen LogP contribution in [0.25, 0.3) is 11.0 Å². The van der Waals surface area contributed by atoms with Gasteiger partial charge in [0.25, 0.3) is 0 Å². The summed E-state index contributed by atoms with van der Waals surface area (Å²) in [7, 11) is 1.48. The predicted molar refractivity (Wildman–Crippen MR) is 121 cm³/mol. The Hall–Kier alpha value is -3.12. The van der Waals surface area contributed by atoms with Gasteiger partial charge in [0.1, 0.15) is 11.6 Å². The number of nitriles is 1. The number of aromatic nitrogens is 2. The number of rotatable bonds is 10. The zero-order chi connectivity index (χ0) is 23.5. The van der Waals surface area contributed by atoms with Gasteiger partial charge < -0.3 is 20.4 Å². The molecule has 3 unspecified atom stereocenters. The molecule has 174 valence electrons. The average molecular weight is 472 g/mol. The molecule has 2 aliphatic rings. The molecule has 1 saturated heterocycles. The molecule has 1 aliphatic carbocycles. The fourth-order valence-corrected chi connectivity index (χ4v) is 4.53. The van der Waals surface area contributed by atoms with Crippen molar-refractivity contribution in [2.45, 2.75) is 44.6 Å². The van der Waals surface area contributed by atoms with E-state index in [1.54, 1.807) is 12.1 Å². The van der Waals surface area contributed by atoms with Gasteiger partial charge >= 0.3 is 0 Å². The van der Waals surface area contributed by atoms with Gasteiger partial charge in [0.05, 0.1) is 23.7 Å². The number of ether oxygens (including phenoxy) is 1. The second kappa shape index (κ2) is 9.79. The Labute approximate surface area is 196 Å². The Morgan fingerprint density at radius 2 is 2.12 bits per heavy atom. The van der Waals surface area contributed by atoms with Crippen molar-refractivity contribution in [1.29, 1.82) is 5.26 Å². The van der Waals surface area contributed by atoms with Crippen molar-refractivity contribution in [2.75, 3.05) is 13.7 Å². The van der Waals surface area contributed by atoms with E-state index in [4.69, 9.17) is 16.3 Å². The van der Waals surface area contributed by atoms with E-state index in [0.717, 1.165) is 12.8 Å². The Kier molecular flexibility index (Phi) is 6.84. The fourth-order valence-electron chi connectivity index (χ4n) is 4.30. The molecule has 3 atom stereocenters. The maximum absolute atomic E-state index is 13.0. The summed E-state index contributed by atoms with van der Waals surface area (Å²) in [6.45, 7) is 0.585. The highest BCUT2D eigenvalue weighted by atomic mass is 35.5. The van der Waals surface area contributed by atoms with Crippen LogP contribution >= 0.6 is 11.6 Å². The summed E-state index contributed by atoms with van der Waals surface area (Å²) in [5.41, 5.74) is 1.07. The molecule has 1 aromatic heterocycles. The minimum absolute atomic E-state index is 0.0275. The third-order valence-corrected chi connectivity index (χ3v) is 6.60. The molecule has 3 N–H and O–H groups in total. The van der Waals surface area contributed by atoms with Gasteiger partial charge in [0.15, 0.2) is 17.4 Å². The molecule has 2 fully saturated rings. The predicted octanol–water partition coefficient (Wildman–Crippen LogP) is 2.75. The second-order valence-corrected chi connectivity index (χ2v) is 9.18. The number of carbonyl (C=O) groups is 3. The topological polar surface area (TPSA) is 137 Å². The number of methoxy groups -OCH3 is 1. The Balaban J connectivity index is 1.46. The van der Waals surface area contributed by atoms with Crippen LogP contribution in [0.3, 0.4) is 0 Å². The van der Waals surface area contributed by atoms with Gasteiger partial charge in [0.2, 0.25) is 11.8 Å². The second-order valence-electron chi connectivity index (χ2n) is 8.77. The molecular formula is C23H26ClN5O4. The molecule has 0 radical (unpaired) electrons. The molecule has 33 heavy (non-hydrogen) atoms. The molecule has 10 heteroatoms. The van der Waals surface area contributed by atoms with Crippen LogP contribution in [0.4, 0.5) is 0 Å². The number of fused-ring (bicyclic) bond motifs is 1. The van der Waals surface area contributed by atoms with Crippen LogP contribution in [-0.4, -0.2) is 47.3 Å². The Morgan fingerprint density at radius 1 is 1.33 bits per heavy atom. The van der Waals surface area contributed by atoms with Crippen molar-refractivity contribution >= 4 is 40.2 Å². The van der Waals surface area contributed by atoms with Crippen LogP contribution in [0, 0.1) is 29.1 Å². The standard InChI is InChI=1S/C23H26ClN5O4/c1-33-20-16(24)4-5-17-19(20)29-21(28-17)18(30)10-14(8-12-2-3-12)23(32)27-15(11-25)9-13-6-7-26-22(13)31/h4-5,12-15H,2-3,6-10H2,1H3,(H,26,31)(H,27,32)(H,28,29). The molecule has 2 amide bonds. The Morgan fingerprint density at radius 3 is 2.76 bits per heavy atom. The van der Waals surface area contributed by atoms with Gasteiger partial charge in [-0.1, -0.05) is 24.4 Å². The number of ketones is 1. The first-order valence-corrected chi connectivity index (χ1v) is 11.5. The third kappa shape index (κ3) is 5.28. The third-order valence-electron chi connectivity index (χ3n) is 6.30. The average Bonchev–Trinajstić information content (AvgIpc) is 3.36. The van der Waals surface area contributed by atoms with Gasteiger partial charge in [-0.25, -0.2) is 4.98 Å². The number of hydrogen-bond acceptors (Lipinski definition) is 6. The Bertz CT molecular complexity index is 1120. The van der Waals surface area contributed by atoms with Crippen molar-refractivity contribution in [1.82, 2.24) is 20.6 Å². The number of benzene rings is 1. The summed E-state index contributed by atoms with van der Waals surface area (Å²) < 4.78 is 5.30. The molecule has 1 aliphatic heterocycles. The van der Waals surface area contributed by atoms with E-state index in [9.17, 15) is 19.6 Å². The maximum atomic E-state index is 13.0. The molecule has 2 aromatic rings. The number of nitrogens with one attached hydrogen (secondary N) is 3. The van der Waals surface area contributed by atoms with E-state index in [1.807, 2.05) is 0 Å². The first-order valence-electron chi connectivity index (χ1n) is 11.1. The number of hydrogen-bond donors (Lipinski definition) is 3. The van der Waals surface area contributed by atoms with Crippen LogP contribution in [-0.2, 0) is 9.59 Å². The fraction of sp³-hybridized carbons (Fsp3) is 0.522. The quantitative estimate of drug-likeness (QED) is 0.455. The lowest BCUT2D eigenvalue weighted by Gasteiger charge is -2.19. The molecule has 4 rings (SSSR count). The minimum atomic E-state index is -0.777. The van der Waals surface area contributed by atoms with Crippen LogP contribution in [0.15, 0.2) is 12.1 Å². The molecule has 1 saturated carbocycles. The zero-order valence-electron chi connectivity index (χ0n) is 18.3. The number of carbonyl (C=O) groups excluding carboxylic acids is 3. The normalized spacial score (nSPS) is 19.5. The monoisotopic (exact) mass is 471 g/mol. The van der Waals surface area contributed by atoms with Gasteiger partial charge in [0, 0.05) is 24.8 Å². The molecule has 9 nitrogen and oxygen atoms in total. The van der Waals surface area contributed by atoms with Gasteiger partial charge in [-0.15, -0.1) is 0 Å². The summed E-state index contributed by atoms with van der Waals surface area (Å²) in [6.07, 6.45) is 3.53. The lowest BCUT2D eigenvalue weighted by Crippen LogP contribution is -2.40. The maximum Gasteiger partial charge on any atom is 0.224 e. The van der Waals surface area contributed by atoms with Gasteiger partial charge in [-0.3, -0.25) is 14.4 Å². The molecular weight excluding hydrogens is 446 g/mol. The van der Waals surface area contributed by atoms with E-state index in [-0.39, 0.29) is 42.2 Å². The number of H-pyrrole nitrogens is 1. The highest BCUT2D eigenvalue weighted by Gasteiger charge is 2.34. The smallest absolute Gasteiger partial charge is 0.224 e. The molecule has 0 spiro atoms. The summed E-state index contributed by atoms with van der Waals surface area (Å²) in [6, 6.07) is 4.68. The largest absolute Gasteiger partial charge is 0.493 e. The summed E-state index contributed by atoms with van der Waals surface area (Å²) in [4.78, 5) is 45.2. The number of Topliss-reactive ketones (excluding diaryl/α,β-unsaturated/α-hetero) is 1. The van der Waals surface area contributed by atoms with E-state index in [2.05, 4.69) is 26.7 Å². The van der Waals surface area contributed by atoms with Crippen LogP contribution in [0.1, 0.15) is 49.1 Å². The van der Waals surface area contributed by atoms with Crippen molar-refractivity contribution < 1.29 is 19.1 Å². The minimum Gasteiger partial charge on any atom is -0.493 e. The number of aromatic amines is 1. The lowest BCUT2D eigenvalue weighted by molar-refractivity contribution is -0.127. The van der Waals surface area contributed by atoms with Crippen molar-refractivity contribution in [2.24, 2.45) is 17.8 Å². The number of amides is 2. The zero-order valence-corrected chi connectivity index (χ0v) is 19.1. The van der Waals surface area contributed by atoms with E-state index < -0.39 is 12.0 Å². The first kappa shape index (κ1) is 23.1. The van der Waals surface area contributed by atoms with Crippen molar-refractivity contribution in [3.63, 3.8) is 0 Å². The van der Waals surface area contributed by atoms with E-state index in [1.165, 1.54) is 7.11 Å². The van der Waals surface area contributed by atoms with Crippen molar-refractivity contribution in [3.8, 4) is 11.8 Å². The van der Waals surface area contributed by atoms with Crippen LogP contribution < -0.4 is 15.4 Å². The molecule has 2 heterocycles. The number of halogens is 1. The van der Waals surface area contributed by atoms with E-state index in [0.29, 0.717) is 47.1 Å². The SMILES string of the molecule is COc1c(Cl)ccc2[nH]c(C(=O)CC(CC3CC3)C(=O)NC(C#N)CC3CCNC3=O)nc12. The number of nitrogens with zero attached hydrogens (tertiary/aromatic N) is 2. The summed E-state index contributed by atoms with van der Waals surface area (Å²) in [5, 5.41) is 15.4. The van der Waals surface area contributed by atoms with Crippen molar-refractivity contribution in [3.05, 3.63) is 23.0 Å². The molecule has 1 aromatic carbocycles. The highest BCUT2D eigenvalue weighted by molar-refractivity contribution is 6.33. The van der Waals surface area contributed by atoms with E-state index >= 15 is 0 Å². The van der Waals surface area contributed by atoms with Crippen LogP contribution in [0.2, 0.25) is 5.02 Å². The summed E-state index contributed by atoms with van der Waals surface area (Å²) >= 11 is 6.15. The first-order chi connectivity index (χ1) is 15.9. The number of imidazole rings is 1. The highest BCUT2D eigenvalue weighted by Crippen LogP contribution is 2.37. The molecule has 0 bridgehead atoms. The van der Waals surface area contributed by atoms with Gasteiger partial charge in [-0.2, -0.15) is 5.26 Å². The van der Waals surface area contributed by atoms with Crippen LogP contribution in [0.5, 0.6) is 5.75 Å². The van der Waals surface area contributed by atoms with Gasteiger partial charge in [-0.05, 0) is 37.3 Å².